The fourth-order valence-electron chi connectivity index (χ4n) is 9.20. The number of para-hydroxylation sites is 2. The molecule has 0 amide bonds. The molecule has 3 aliphatic rings. The van der Waals surface area contributed by atoms with Crippen molar-refractivity contribution >= 4 is 33.7 Å². The lowest BCUT2D eigenvalue weighted by Gasteiger charge is -2.48. The first kappa shape index (κ1) is 32.0. The van der Waals surface area contributed by atoms with Crippen LogP contribution in [0.1, 0.15) is 97.2 Å². The summed E-state index contributed by atoms with van der Waals surface area (Å²) in [4.78, 5) is 5.44. The molecule has 1 aliphatic carbocycles. The fourth-order valence-corrected chi connectivity index (χ4v) is 9.20. The van der Waals surface area contributed by atoms with Gasteiger partial charge in [0.05, 0.1) is 22.4 Å². The lowest BCUT2D eigenvalue weighted by molar-refractivity contribution is -0.738. The third-order valence-corrected chi connectivity index (χ3v) is 11.6. The van der Waals surface area contributed by atoms with E-state index in [0.717, 1.165) is 54.1 Å². The largest absolute Gasteiger partial charge is 0.464 e. The van der Waals surface area contributed by atoms with Crippen LogP contribution in [0.4, 0.5) is 0 Å². The van der Waals surface area contributed by atoms with E-state index in [9.17, 15) is 0 Å². The molecule has 0 radical (unpaired) electrons. The van der Waals surface area contributed by atoms with Gasteiger partial charge in [-0.15, -0.1) is 0 Å². The first-order chi connectivity index (χ1) is 23.4. The van der Waals surface area contributed by atoms with Gasteiger partial charge in [-0.1, -0.05) is 117 Å². The zero-order valence-corrected chi connectivity index (χ0v) is 30.4. The van der Waals surface area contributed by atoms with Crippen molar-refractivity contribution in [3.05, 3.63) is 119 Å². The van der Waals surface area contributed by atoms with E-state index < -0.39 is 5.54 Å². The highest BCUT2D eigenvalue weighted by Gasteiger charge is 2.69. The zero-order chi connectivity index (χ0) is 34.5. The number of fused-ring (bicyclic) bond motifs is 8. The Labute approximate surface area is 291 Å². The van der Waals surface area contributed by atoms with Crippen LogP contribution >= 0.6 is 0 Å². The molecular weight excluding hydrogens is 603 g/mol. The van der Waals surface area contributed by atoms with Crippen molar-refractivity contribution in [2.45, 2.75) is 110 Å². The second kappa shape index (κ2) is 10.9. The van der Waals surface area contributed by atoms with E-state index in [0.29, 0.717) is 0 Å². The molecule has 2 aliphatic heterocycles. The number of ether oxygens (including phenoxy) is 2. The number of nitrogens with zero attached hydrogens (tertiary/aromatic N) is 3. The molecule has 0 N–H and O–H groups in total. The van der Waals surface area contributed by atoms with Crippen LogP contribution in [0.15, 0.2) is 97.0 Å². The second-order valence-corrected chi connectivity index (χ2v) is 16.5. The van der Waals surface area contributed by atoms with Gasteiger partial charge in [-0.2, -0.15) is 4.40 Å². The van der Waals surface area contributed by atoms with Gasteiger partial charge in [-0.25, -0.2) is 9.55 Å². The van der Waals surface area contributed by atoms with E-state index in [1.165, 1.54) is 33.2 Å². The highest BCUT2D eigenvalue weighted by Crippen LogP contribution is 2.60. The van der Waals surface area contributed by atoms with E-state index in [1.807, 2.05) is 6.08 Å². The summed E-state index contributed by atoms with van der Waals surface area (Å²) in [6.45, 7) is 22.3. The molecule has 4 atom stereocenters. The lowest BCUT2D eigenvalue weighted by Crippen LogP contribution is -2.72. The quantitative estimate of drug-likeness (QED) is 0.172. The van der Waals surface area contributed by atoms with Gasteiger partial charge in [0.2, 0.25) is 5.82 Å². The van der Waals surface area contributed by atoms with Crippen LogP contribution in [0.3, 0.4) is 0 Å². The monoisotopic (exact) mass is 652 g/mol. The van der Waals surface area contributed by atoms with Crippen molar-refractivity contribution in [1.82, 2.24) is 9.38 Å². The first-order valence-electron chi connectivity index (χ1n) is 18.2. The van der Waals surface area contributed by atoms with Gasteiger partial charge in [-0.05, 0) is 71.7 Å². The van der Waals surface area contributed by atoms with Gasteiger partial charge in [0.15, 0.2) is 22.7 Å². The summed E-state index contributed by atoms with van der Waals surface area (Å²) in [6, 6.07) is 24.3. The number of benzene rings is 3. The SMILES string of the molecule is C=Cc1ccc(CCC2=CC(C(C)(C)C)OC3C(=CC4(CC)c5cccc6nc(C(C)(C)C)n7c8ccccc8[n+](c7c56)C34CC)O2)cc1. The topological polar surface area (TPSA) is 39.6 Å². The van der Waals surface area contributed by atoms with Gasteiger partial charge in [0, 0.05) is 11.8 Å². The number of rotatable bonds is 6. The highest BCUT2D eigenvalue weighted by atomic mass is 16.6. The predicted molar refractivity (Wildman–Crippen MR) is 200 cm³/mol. The van der Waals surface area contributed by atoms with Crippen LogP contribution in [-0.2, 0) is 32.3 Å². The summed E-state index contributed by atoms with van der Waals surface area (Å²) in [5.74, 6) is 2.99. The molecule has 4 unspecified atom stereocenters. The number of hydrogen-bond acceptors (Lipinski definition) is 3. The molecule has 5 aromatic rings. The maximum absolute atomic E-state index is 7.53. The summed E-state index contributed by atoms with van der Waals surface area (Å²) in [5, 5.41) is 1.23. The molecule has 5 heteroatoms. The molecule has 3 aromatic carbocycles. The van der Waals surface area contributed by atoms with E-state index in [2.05, 4.69) is 150 Å². The van der Waals surface area contributed by atoms with Gasteiger partial charge in [0.25, 0.3) is 5.65 Å². The highest BCUT2D eigenvalue weighted by molar-refractivity contribution is 5.98. The van der Waals surface area contributed by atoms with Crippen molar-refractivity contribution in [3.8, 4) is 0 Å². The second-order valence-electron chi connectivity index (χ2n) is 16.5. The van der Waals surface area contributed by atoms with Crippen LogP contribution in [0.5, 0.6) is 0 Å². The number of hydrogen-bond donors (Lipinski definition) is 0. The van der Waals surface area contributed by atoms with Crippen molar-refractivity contribution in [2.24, 2.45) is 5.41 Å². The fraction of sp³-hybridized carbons (Fsp3) is 0.409. The minimum atomic E-state index is -0.476. The minimum Gasteiger partial charge on any atom is -0.464 e. The summed E-state index contributed by atoms with van der Waals surface area (Å²) < 4.78 is 19.8. The lowest BCUT2D eigenvalue weighted by atomic mass is 9.61. The van der Waals surface area contributed by atoms with Crippen molar-refractivity contribution < 1.29 is 14.0 Å². The van der Waals surface area contributed by atoms with Crippen LogP contribution in [0.2, 0.25) is 0 Å². The van der Waals surface area contributed by atoms with E-state index in [1.54, 1.807) is 0 Å². The Morgan fingerprint density at radius 3 is 2.35 bits per heavy atom. The van der Waals surface area contributed by atoms with E-state index in [-0.39, 0.29) is 28.5 Å². The number of aryl methyl sites for hydroxylation is 1. The average molecular weight is 653 g/mol. The molecular formula is C44H50N3O2+. The molecule has 2 aromatic heterocycles. The normalized spacial score (nSPS) is 24.8. The summed E-state index contributed by atoms with van der Waals surface area (Å²) >= 11 is 0. The Morgan fingerprint density at radius 2 is 1.67 bits per heavy atom. The molecule has 0 saturated carbocycles. The maximum Gasteiger partial charge on any atom is 0.299 e. The molecule has 252 valence electrons. The van der Waals surface area contributed by atoms with Crippen LogP contribution in [0, 0.1) is 5.41 Å². The third kappa shape index (κ3) is 4.40. The Kier molecular flexibility index (Phi) is 7.11. The molecule has 0 spiro atoms. The zero-order valence-electron chi connectivity index (χ0n) is 30.4. The molecule has 49 heavy (non-hydrogen) atoms. The van der Waals surface area contributed by atoms with E-state index in [4.69, 9.17) is 14.5 Å². The number of aromatic nitrogens is 3. The predicted octanol–water partition coefficient (Wildman–Crippen LogP) is 9.88. The molecule has 0 bridgehead atoms. The Morgan fingerprint density at radius 1 is 0.918 bits per heavy atom. The Bertz CT molecular complexity index is 2210. The molecule has 4 heterocycles. The Hall–Kier alpha value is -4.22. The van der Waals surface area contributed by atoms with Gasteiger partial charge < -0.3 is 9.47 Å². The Balaban J connectivity index is 1.38. The standard InChI is InChI=1S/C44H50N3O2/c1-10-28-20-22-29(23-21-28)24-25-30-26-36(41(4,5)6)49-38-35(48-30)27-43(11-2)31-16-15-17-32-37(31)39-46(40(45-32)42(7,8)9)33-18-13-14-19-34(33)47(39)44(38,43)12-3/h10,13-23,26-27,36,38H,1,11-12,24-25H2,2-9H3/q+1. The number of imidazole rings is 1. The van der Waals surface area contributed by atoms with Crippen LogP contribution < -0.4 is 4.57 Å². The summed E-state index contributed by atoms with van der Waals surface area (Å²) in [7, 11) is 0. The molecule has 0 fully saturated rings. The average Bonchev–Trinajstić information content (AvgIpc) is 3.49. The third-order valence-electron chi connectivity index (χ3n) is 11.6. The molecule has 5 nitrogen and oxygen atoms in total. The van der Waals surface area contributed by atoms with E-state index >= 15 is 0 Å². The first-order valence-corrected chi connectivity index (χ1v) is 18.2. The molecule has 8 rings (SSSR count). The maximum atomic E-state index is 7.53. The van der Waals surface area contributed by atoms with Crippen molar-refractivity contribution in [1.29, 1.82) is 0 Å². The summed E-state index contributed by atoms with van der Waals surface area (Å²) in [5.41, 5.74) is 7.24. The minimum absolute atomic E-state index is 0.137. The van der Waals surface area contributed by atoms with Crippen LogP contribution in [-0.4, -0.2) is 21.6 Å². The van der Waals surface area contributed by atoms with Gasteiger partial charge in [-0.3, -0.25) is 0 Å². The summed E-state index contributed by atoms with van der Waals surface area (Å²) in [6.07, 6.45) is 9.65. The van der Waals surface area contributed by atoms with Gasteiger partial charge in [0.1, 0.15) is 11.5 Å². The number of allylic oxidation sites excluding steroid dienone is 2. The van der Waals surface area contributed by atoms with Gasteiger partial charge >= 0.3 is 0 Å². The van der Waals surface area contributed by atoms with Crippen LogP contribution in [0.25, 0.3) is 33.7 Å². The van der Waals surface area contributed by atoms with Crippen molar-refractivity contribution in [2.75, 3.05) is 0 Å². The molecule has 0 saturated heterocycles. The van der Waals surface area contributed by atoms with Crippen molar-refractivity contribution in [3.63, 3.8) is 0 Å². The smallest absolute Gasteiger partial charge is 0.299 e.